The summed E-state index contributed by atoms with van der Waals surface area (Å²) in [4.78, 5) is 30.8. The van der Waals surface area contributed by atoms with Crippen LogP contribution in [0.25, 0.3) is 5.69 Å². The van der Waals surface area contributed by atoms with Gasteiger partial charge in [0.1, 0.15) is 5.84 Å². The molecule has 182 valence electrons. The number of aromatic nitrogens is 3. The molecule has 8 heteroatoms. The molecule has 0 bridgehead atoms. The van der Waals surface area contributed by atoms with E-state index in [0.29, 0.717) is 45.9 Å². The van der Waals surface area contributed by atoms with E-state index in [0.717, 1.165) is 16.8 Å². The van der Waals surface area contributed by atoms with Crippen LogP contribution < -0.4 is 5.56 Å². The minimum Gasteiger partial charge on any atom is -0.280 e. The third-order valence-electron chi connectivity index (χ3n) is 5.58. The zero-order valence-corrected chi connectivity index (χ0v) is 22.2. The lowest BCUT2D eigenvalue weighted by molar-refractivity contribution is 0.576. The van der Waals surface area contributed by atoms with Gasteiger partial charge in [-0.15, -0.1) is 0 Å². The van der Waals surface area contributed by atoms with Gasteiger partial charge in [0, 0.05) is 30.6 Å². The van der Waals surface area contributed by atoms with E-state index in [1.165, 1.54) is 6.07 Å². The molecule has 6 nitrogen and oxygen atoms in total. The van der Waals surface area contributed by atoms with Gasteiger partial charge in [-0.3, -0.25) is 19.3 Å². The van der Waals surface area contributed by atoms with Crippen molar-refractivity contribution in [3.63, 3.8) is 0 Å². The summed E-state index contributed by atoms with van der Waals surface area (Å²) in [5.41, 5.74) is 4.83. The van der Waals surface area contributed by atoms with Gasteiger partial charge in [-0.1, -0.05) is 26.5 Å². The van der Waals surface area contributed by atoms with Crippen LogP contribution in [0.1, 0.15) is 42.1 Å². The highest BCUT2D eigenvalue weighted by atomic mass is 79.9. The fourth-order valence-electron chi connectivity index (χ4n) is 3.77. The Balaban J connectivity index is 2.03. The first-order valence-electron chi connectivity index (χ1n) is 11.3. The van der Waals surface area contributed by atoms with Crippen LogP contribution in [0.15, 0.2) is 68.4 Å². The number of aryl methyl sites for hydroxylation is 4. The smallest absolute Gasteiger partial charge is 0.269 e. The summed E-state index contributed by atoms with van der Waals surface area (Å²) in [6.07, 6.45) is 4.44. The molecule has 3 aromatic heterocycles. The molecule has 3 rings (SSSR count). The molecule has 0 unspecified atom stereocenters. The van der Waals surface area contributed by atoms with Crippen LogP contribution in [0, 0.1) is 25.7 Å². The second-order valence-electron chi connectivity index (χ2n) is 8.51. The number of halogens is 2. The van der Waals surface area contributed by atoms with Gasteiger partial charge in [0.2, 0.25) is 5.95 Å². The summed E-state index contributed by atoms with van der Waals surface area (Å²) in [7, 11) is 1.71. The van der Waals surface area contributed by atoms with Gasteiger partial charge in [0.05, 0.1) is 21.6 Å². The predicted molar refractivity (Wildman–Crippen MR) is 144 cm³/mol. The summed E-state index contributed by atoms with van der Waals surface area (Å²) in [5.74, 6) is 0.332. The van der Waals surface area contributed by atoms with Gasteiger partial charge in [-0.2, -0.15) is 4.39 Å². The molecule has 0 fully saturated rings. The van der Waals surface area contributed by atoms with Crippen molar-refractivity contribution in [3.05, 3.63) is 98.2 Å². The second-order valence-corrected chi connectivity index (χ2v) is 9.30. The number of rotatable bonds is 7. The fraction of sp³-hybridized carbons (Fsp3) is 0.296. The Labute approximate surface area is 213 Å². The quantitative estimate of drug-likeness (QED) is 0.224. The van der Waals surface area contributed by atoms with E-state index in [1.54, 1.807) is 36.0 Å². The van der Waals surface area contributed by atoms with Crippen molar-refractivity contribution in [2.75, 3.05) is 7.05 Å². The van der Waals surface area contributed by atoms with E-state index in [9.17, 15) is 9.18 Å². The van der Waals surface area contributed by atoms with Crippen LogP contribution in [0.2, 0.25) is 0 Å². The van der Waals surface area contributed by atoms with E-state index < -0.39 is 5.95 Å². The third kappa shape index (κ3) is 6.06. The average Bonchev–Trinajstić information content (AvgIpc) is 2.82. The van der Waals surface area contributed by atoms with Crippen molar-refractivity contribution in [3.8, 4) is 5.69 Å². The van der Waals surface area contributed by atoms with Gasteiger partial charge in [-0.05, 0) is 84.1 Å². The van der Waals surface area contributed by atoms with Crippen LogP contribution in [0.5, 0.6) is 0 Å². The minimum absolute atomic E-state index is 0.149. The molecular weight excluding hydrogens is 509 g/mol. The Hall–Kier alpha value is -3.26. The van der Waals surface area contributed by atoms with Crippen LogP contribution in [-0.2, 0) is 12.8 Å². The van der Waals surface area contributed by atoms with Crippen LogP contribution in [0.3, 0.4) is 0 Å². The number of aliphatic imine (C=N–C) groups is 2. The topological polar surface area (TPSA) is 72.5 Å². The van der Waals surface area contributed by atoms with Gasteiger partial charge in [0.25, 0.3) is 5.56 Å². The molecule has 0 radical (unpaired) electrons. The Morgan fingerprint density at radius 1 is 1.26 bits per heavy atom. The van der Waals surface area contributed by atoms with Crippen molar-refractivity contribution in [2.24, 2.45) is 15.9 Å². The van der Waals surface area contributed by atoms with E-state index in [-0.39, 0.29) is 11.5 Å². The number of pyridine rings is 3. The molecular formula is C27H29BrFN5O. The average molecular weight is 538 g/mol. The predicted octanol–water partition coefficient (Wildman–Crippen LogP) is 5.59. The fourth-order valence-corrected chi connectivity index (χ4v) is 4.26. The Morgan fingerprint density at radius 2 is 2.00 bits per heavy atom. The maximum Gasteiger partial charge on any atom is 0.269 e. The lowest BCUT2D eigenvalue weighted by atomic mass is 10.1. The molecule has 0 N–H and O–H groups in total. The molecule has 0 aliphatic heterocycles. The Bertz CT molecular complexity index is 1370. The molecule has 3 heterocycles. The standard InChI is InChI=1S/C27H29BrFN5O/c1-7-21(33-26(30-6)16(2)3)22-14-23(17(4)15-31-22)34-18(5)13-19(25(28)27(34)35)11-12-20-9-8-10-24(29)32-20/h7-10,13-16H,1,11-12H2,2-6H3. The molecule has 0 aliphatic carbocycles. The normalized spacial score (nSPS) is 12.3. The first-order valence-corrected chi connectivity index (χ1v) is 12.1. The van der Waals surface area contributed by atoms with E-state index >= 15 is 0 Å². The van der Waals surface area contributed by atoms with Gasteiger partial charge in [-0.25, -0.2) is 9.98 Å². The van der Waals surface area contributed by atoms with E-state index in [1.807, 2.05) is 39.8 Å². The number of hydrogen-bond donors (Lipinski definition) is 0. The van der Waals surface area contributed by atoms with Gasteiger partial charge in [0.15, 0.2) is 0 Å². The molecule has 0 amide bonds. The number of amidine groups is 1. The number of nitrogens with zero attached hydrogens (tertiary/aromatic N) is 5. The molecule has 0 saturated carbocycles. The minimum atomic E-state index is -0.509. The van der Waals surface area contributed by atoms with Crippen molar-refractivity contribution in [1.29, 1.82) is 0 Å². The molecule has 0 spiro atoms. The summed E-state index contributed by atoms with van der Waals surface area (Å²) < 4.78 is 15.6. The lowest BCUT2D eigenvalue weighted by Gasteiger charge is -2.17. The first-order chi connectivity index (χ1) is 16.7. The lowest BCUT2D eigenvalue weighted by Crippen LogP contribution is -2.24. The summed E-state index contributed by atoms with van der Waals surface area (Å²) in [5, 5.41) is 0. The van der Waals surface area contributed by atoms with Crippen molar-refractivity contribution in [2.45, 2.75) is 40.5 Å². The third-order valence-corrected chi connectivity index (χ3v) is 6.43. The van der Waals surface area contributed by atoms with Gasteiger partial charge >= 0.3 is 0 Å². The summed E-state index contributed by atoms with van der Waals surface area (Å²) >= 11 is 3.50. The van der Waals surface area contributed by atoms with Gasteiger partial charge < -0.3 is 0 Å². The largest absolute Gasteiger partial charge is 0.280 e. The number of hydrogen-bond acceptors (Lipinski definition) is 4. The zero-order valence-electron chi connectivity index (χ0n) is 20.6. The monoisotopic (exact) mass is 537 g/mol. The molecule has 3 aromatic rings. The molecule has 0 aromatic carbocycles. The summed E-state index contributed by atoms with van der Waals surface area (Å²) in [6, 6.07) is 8.54. The number of allylic oxidation sites excluding steroid dienone is 1. The second kappa shape index (κ2) is 11.4. The maximum atomic E-state index is 13.4. The van der Waals surface area contributed by atoms with Crippen molar-refractivity contribution < 1.29 is 4.39 Å². The van der Waals surface area contributed by atoms with Crippen molar-refractivity contribution in [1.82, 2.24) is 14.5 Å². The van der Waals surface area contributed by atoms with E-state index in [4.69, 9.17) is 0 Å². The highest BCUT2D eigenvalue weighted by Crippen LogP contribution is 2.21. The zero-order chi connectivity index (χ0) is 25.7. The highest BCUT2D eigenvalue weighted by Gasteiger charge is 2.16. The molecule has 0 saturated heterocycles. The first kappa shape index (κ1) is 26.3. The SMILES string of the molecule is C=CC(=NC(=NC)C(C)C)c1cc(-n2c(C)cc(CCc3cccc(F)n3)c(Br)c2=O)c(C)cn1. The van der Waals surface area contributed by atoms with Crippen LogP contribution in [0.4, 0.5) is 4.39 Å². The molecule has 0 atom stereocenters. The van der Waals surface area contributed by atoms with Crippen molar-refractivity contribution >= 4 is 27.5 Å². The Kier molecular flexibility index (Phi) is 8.62. The highest BCUT2D eigenvalue weighted by molar-refractivity contribution is 9.10. The Morgan fingerprint density at radius 3 is 2.63 bits per heavy atom. The molecule has 0 aliphatic rings. The maximum absolute atomic E-state index is 13.4. The van der Waals surface area contributed by atoms with E-state index in [2.05, 4.69) is 42.5 Å². The van der Waals surface area contributed by atoms with Crippen LogP contribution in [-0.4, -0.2) is 33.1 Å². The summed E-state index contributed by atoms with van der Waals surface area (Å²) in [6.45, 7) is 11.7. The molecule has 35 heavy (non-hydrogen) atoms. The van der Waals surface area contributed by atoms with Crippen LogP contribution >= 0.6 is 15.9 Å².